The Morgan fingerprint density at radius 2 is 1.18 bits per heavy atom. The van der Waals surface area contributed by atoms with Crippen LogP contribution in [0, 0.1) is 0 Å². The molecule has 0 unspecified atom stereocenters. The molecule has 5 rings (SSSR count). The van der Waals surface area contributed by atoms with Crippen LogP contribution < -0.4 is 0 Å². The number of hydrogen-bond donors (Lipinski definition) is 0. The quantitative estimate of drug-likeness (QED) is 0.314. The third kappa shape index (κ3) is 1.75. The molecule has 0 fully saturated rings. The highest BCUT2D eigenvalue weighted by Crippen LogP contribution is 2.44. The zero-order valence-electron chi connectivity index (χ0n) is 11.7. The van der Waals surface area contributed by atoms with Gasteiger partial charge in [0.05, 0.1) is 9.40 Å². The van der Waals surface area contributed by atoms with E-state index in [0.717, 1.165) is 0 Å². The van der Waals surface area contributed by atoms with Gasteiger partial charge in [-0.3, -0.25) is 0 Å². The van der Waals surface area contributed by atoms with Crippen molar-refractivity contribution in [2.75, 3.05) is 0 Å². The first-order valence-corrected chi connectivity index (χ1v) is 8.93. The highest BCUT2D eigenvalue weighted by Gasteiger charge is 2.12. The van der Waals surface area contributed by atoms with Crippen molar-refractivity contribution in [1.82, 2.24) is 0 Å². The van der Waals surface area contributed by atoms with Crippen molar-refractivity contribution >= 4 is 52.2 Å². The van der Waals surface area contributed by atoms with Crippen LogP contribution in [0.15, 0.2) is 72.8 Å². The minimum absolute atomic E-state index is 1.28. The average Bonchev–Trinajstić information content (AvgIpc) is 3.11. The first-order chi connectivity index (χ1) is 10.9. The van der Waals surface area contributed by atoms with Gasteiger partial charge in [0.1, 0.15) is 0 Å². The first-order valence-electron chi connectivity index (χ1n) is 7.29. The van der Waals surface area contributed by atoms with Gasteiger partial charge < -0.3 is 0 Å². The maximum atomic E-state index is 2.33. The fourth-order valence-corrected chi connectivity index (χ4v) is 5.71. The molecule has 3 aromatic carbocycles. The predicted octanol–water partition coefficient (Wildman–Crippen LogP) is 6.94. The van der Waals surface area contributed by atoms with Crippen molar-refractivity contribution in [1.29, 1.82) is 0 Å². The molecule has 0 bridgehead atoms. The van der Waals surface area contributed by atoms with Crippen LogP contribution >= 0.6 is 22.7 Å². The lowest BCUT2D eigenvalue weighted by molar-refractivity contribution is 1.66. The molecule has 2 heterocycles. The van der Waals surface area contributed by atoms with E-state index in [0.29, 0.717) is 0 Å². The van der Waals surface area contributed by atoms with Crippen LogP contribution in [0.4, 0.5) is 0 Å². The molecule has 0 atom stereocenters. The first kappa shape index (κ1) is 12.4. The normalized spacial score (nSPS) is 11.6. The lowest BCUT2D eigenvalue weighted by Gasteiger charge is -2.01. The summed E-state index contributed by atoms with van der Waals surface area (Å²) in [6.07, 6.45) is 0. The van der Waals surface area contributed by atoms with Crippen molar-refractivity contribution < 1.29 is 0 Å². The maximum absolute atomic E-state index is 2.33. The molecule has 0 aliphatic carbocycles. The number of thiophene rings is 2. The molecule has 0 N–H and O–H groups in total. The van der Waals surface area contributed by atoms with Crippen molar-refractivity contribution in [2.45, 2.75) is 0 Å². The molecule has 0 aliphatic rings. The van der Waals surface area contributed by atoms with Gasteiger partial charge in [-0.1, -0.05) is 60.7 Å². The fraction of sp³-hybridized carbons (Fsp3) is 0. The largest absolute Gasteiger partial charge is 0.134 e. The smallest absolute Gasteiger partial charge is 0.0542 e. The molecule has 0 amide bonds. The summed E-state index contributed by atoms with van der Waals surface area (Å²) in [6, 6.07) is 26.2. The fourth-order valence-electron chi connectivity index (χ4n) is 3.01. The van der Waals surface area contributed by atoms with E-state index < -0.39 is 0 Å². The number of rotatable bonds is 1. The van der Waals surface area contributed by atoms with Crippen molar-refractivity contribution in [3.05, 3.63) is 72.8 Å². The molecule has 2 aromatic heterocycles. The SMILES string of the molecule is c1ccc(-c2ccc3c(c2)sc2c4ccccc4sc32)cc1. The molecular formula is C20H12S2. The van der Waals surface area contributed by atoms with E-state index in [1.54, 1.807) is 0 Å². The van der Waals surface area contributed by atoms with Gasteiger partial charge >= 0.3 is 0 Å². The molecular weight excluding hydrogens is 304 g/mol. The minimum Gasteiger partial charge on any atom is -0.134 e. The van der Waals surface area contributed by atoms with Gasteiger partial charge in [-0.2, -0.15) is 0 Å². The van der Waals surface area contributed by atoms with Crippen molar-refractivity contribution in [3.8, 4) is 11.1 Å². The number of hydrogen-bond acceptors (Lipinski definition) is 2. The Kier molecular flexibility index (Phi) is 2.63. The summed E-state index contributed by atoms with van der Waals surface area (Å²) in [5.74, 6) is 0. The van der Waals surface area contributed by atoms with Crippen LogP contribution in [0.2, 0.25) is 0 Å². The van der Waals surface area contributed by atoms with E-state index >= 15 is 0 Å². The second kappa shape index (κ2) is 4.67. The van der Waals surface area contributed by atoms with E-state index in [9.17, 15) is 0 Å². The number of benzene rings is 3. The monoisotopic (exact) mass is 316 g/mol. The van der Waals surface area contributed by atoms with E-state index in [1.165, 1.54) is 40.7 Å². The Bertz CT molecular complexity index is 1110. The second-order valence-electron chi connectivity index (χ2n) is 5.44. The Hall–Kier alpha value is -2.16. The third-order valence-electron chi connectivity index (χ3n) is 4.10. The van der Waals surface area contributed by atoms with Gasteiger partial charge in [-0.25, -0.2) is 0 Å². The highest BCUT2D eigenvalue weighted by molar-refractivity contribution is 7.36. The third-order valence-corrected chi connectivity index (χ3v) is 6.61. The zero-order chi connectivity index (χ0) is 14.5. The van der Waals surface area contributed by atoms with Crippen LogP contribution in [-0.4, -0.2) is 0 Å². The maximum Gasteiger partial charge on any atom is 0.0542 e. The summed E-state index contributed by atoms with van der Waals surface area (Å²) in [4.78, 5) is 0. The molecule has 0 spiro atoms. The van der Waals surface area contributed by atoms with Gasteiger partial charge in [0.15, 0.2) is 0 Å². The average molecular weight is 316 g/mol. The minimum atomic E-state index is 1.28. The van der Waals surface area contributed by atoms with Crippen molar-refractivity contribution in [2.24, 2.45) is 0 Å². The van der Waals surface area contributed by atoms with E-state index in [2.05, 4.69) is 72.8 Å². The molecule has 0 nitrogen and oxygen atoms in total. The lowest BCUT2D eigenvalue weighted by atomic mass is 10.1. The van der Waals surface area contributed by atoms with Crippen LogP contribution in [0.1, 0.15) is 0 Å². The van der Waals surface area contributed by atoms with E-state index in [4.69, 9.17) is 0 Å². The standard InChI is InChI=1S/C20H12S2/c1-2-6-13(7-3-1)14-10-11-16-18(12-14)22-19-15-8-4-5-9-17(15)21-20(16)19/h1-12H. The summed E-state index contributed by atoms with van der Waals surface area (Å²) in [5, 5.41) is 2.78. The molecule has 0 saturated heterocycles. The highest BCUT2D eigenvalue weighted by atomic mass is 32.1. The van der Waals surface area contributed by atoms with Gasteiger partial charge in [-0.05, 0) is 23.3 Å². The summed E-state index contributed by atoms with van der Waals surface area (Å²) in [6.45, 7) is 0. The predicted molar refractivity (Wildman–Crippen MR) is 100 cm³/mol. The molecule has 0 saturated carbocycles. The van der Waals surface area contributed by atoms with E-state index in [1.807, 2.05) is 22.7 Å². The van der Waals surface area contributed by atoms with Gasteiger partial charge in [0.2, 0.25) is 0 Å². The summed E-state index contributed by atoms with van der Waals surface area (Å²) in [5.41, 5.74) is 2.58. The summed E-state index contributed by atoms with van der Waals surface area (Å²) < 4.78 is 5.63. The summed E-state index contributed by atoms with van der Waals surface area (Å²) >= 11 is 3.83. The Morgan fingerprint density at radius 3 is 2.05 bits per heavy atom. The second-order valence-corrected chi connectivity index (χ2v) is 7.54. The Morgan fingerprint density at radius 1 is 0.500 bits per heavy atom. The Balaban J connectivity index is 1.82. The van der Waals surface area contributed by atoms with Gasteiger partial charge in [0, 0.05) is 20.2 Å². The number of fused-ring (bicyclic) bond motifs is 5. The summed E-state index contributed by atoms with van der Waals surface area (Å²) in [7, 11) is 0. The lowest BCUT2D eigenvalue weighted by Crippen LogP contribution is -1.75. The molecule has 2 heteroatoms. The van der Waals surface area contributed by atoms with Crippen LogP contribution in [0.3, 0.4) is 0 Å². The molecule has 5 aromatic rings. The van der Waals surface area contributed by atoms with Gasteiger partial charge in [0.25, 0.3) is 0 Å². The van der Waals surface area contributed by atoms with Crippen LogP contribution in [0.5, 0.6) is 0 Å². The Labute approximate surface area is 136 Å². The molecule has 0 radical (unpaired) electrons. The van der Waals surface area contributed by atoms with Gasteiger partial charge in [-0.15, -0.1) is 22.7 Å². The zero-order valence-corrected chi connectivity index (χ0v) is 13.4. The molecule has 104 valence electrons. The van der Waals surface area contributed by atoms with Crippen LogP contribution in [-0.2, 0) is 0 Å². The van der Waals surface area contributed by atoms with E-state index in [-0.39, 0.29) is 0 Å². The van der Waals surface area contributed by atoms with Crippen molar-refractivity contribution in [3.63, 3.8) is 0 Å². The molecule has 0 aliphatic heterocycles. The topological polar surface area (TPSA) is 0 Å². The molecule has 22 heavy (non-hydrogen) atoms. The van der Waals surface area contributed by atoms with Crippen LogP contribution in [0.25, 0.3) is 40.7 Å².